The number of carbonyl (C=O) groups is 1. The Bertz CT molecular complexity index is 1400. The van der Waals surface area contributed by atoms with Crippen molar-refractivity contribution in [1.29, 1.82) is 0 Å². The molecule has 0 saturated carbocycles. The van der Waals surface area contributed by atoms with Crippen molar-refractivity contribution >= 4 is 44.7 Å². The summed E-state index contributed by atoms with van der Waals surface area (Å²) in [5, 5.41) is 10.0. The van der Waals surface area contributed by atoms with Gasteiger partial charge >= 0.3 is 12.1 Å². The van der Waals surface area contributed by atoms with E-state index < -0.39 is 18.0 Å². The van der Waals surface area contributed by atoms with E-state index >= 15 is 0 Å². The zero-order chi connectivity index (χ0) is 24.7. The molecular formula is C21H20F3N7O2S2. The summed E-state index contributed by atoms with van der Waals surface area (Å²) in [4.78, 5) is 29.6. The molecule has 35 heavy (non-hydrogen) atoms. The first kappa shape index (κ1) is 23.6. The summed E-state index contributed by atoms with van der Waals surface area (Å²) in [6, 6.07) is 2.04. The first-order chi connectivity index (χ1) is 16.8. The third-order valence-corrected chi connectivity index (χ3v) is 7.33. The minimum atomic E-state index is -4.56. The number of anilines is 1. The Labute approximate surface area is 205 Å². The lowest BCUT2D eigenvalue weighted by Gasteiger charge is -2.29. The van der Waals surface area contributed by atoms with E-state index in [2.05, 4.69) is 22.1 Å². The monoisotopic (exact) mass is 523 g/mol. The Morgan fingerprint density at radius 3 is 2.74 bits per heavy atom. The SMILES string of the molecule is CCCc1cc2c(N3CCn4c(nnc4C(F)(F)F)C3)nc(-c3nc(C(=O)OCC)cs3)nc2s1. The molecule has 0 unspecified atom stereocenters. The number of aryl methyl sites for hydroxylation is 1. The highest BCUT2D eigenvalue weighted by Gasteiger charge is 2.39. The molecule has 0 radical (unpaired) electrons. The van der Waals surface area contributed by atoms with Crippen LogP contribution in [0.25, 0.3) is 21.0 Å². The van der Waals surface area contributed by atoms with Crippen molar-refractivity contribution in [3.8, 4) is 10.8 Å². The van der Waals surface area contributed by atoms with Crippen molar-refractivity contribution in [2.75, 3.05) is 18.1 Å². The number of esters is 1. The van der Waals surface area contributed by atoms with Gasteiger partial charge in [0.2, 0.25) is 5.82 Å². The summed E-state index contributed by atoms with van der Waals surface area (Å²) in [5.41, 5.74) is 0.181. The topological polar surface area (TPSA) is 98.9 Å². The fourth-order valence-corrected chi connectivity index (χ4v) is 5.73. The maximum absolute atomic E-state index is 13.3. The minimum Gasteiger partial charge on any atom is -0.461 e. The van der Waals surface area contributed by atoms with Gasteiger partial charge in [0.1, 0.15) is 10.6 Å². The average Bonchev–Trinajstić information content (AvgIpc) is 3.55. The van der Waals surface area contributed by atoms with Crippen molar-refractivity contribution in [3.63, 3.8) is 0 Å². The van der Waals surface area contributed by atoms with Crippen LogP contribution in [0.3, 0.4) is 0 Å². The molecule has 0 aliphatic carbocycles. The summed E-state index contributed by atoms with van der Waals surface area (Å²) in [6.45, 7) is 4.54. The highest BCUT2D eigenvalue weighted by molar-refractivity contribution is 7.18. The lowest BCUT2D eigenvalue weighted by molar-refractivity contribution is -0.147. The van der Waals surface area contributed by atoms with Crippen LogP contribution in [0, 0.1) is 0 Å². The molecule has 0 fully saturated rings. The van der Waals surface area contributed by atoms with Crippen molar-refractivity contribution in [2.45, 2.75) is 46.0 Å². The van der Waals surface area contributed by atoms with E-state index in [9.17, 15) is 18.0 Å². The van der Waals surface area contributed by atoms with E-state index in [4.69, 9.17) is 14.7 Å². The van der Waals surface area contributed by atoms with Crippen LogP contribution in [0.2, 0.25) is 0 Å². The van der Waals surface area contributed by atoms with Gasteiger partial charge in [-0.2, -0.15) is 13.2 Å². The summed E-state index contributed by atoms with van der Waals surface area (Å²) >= 11 is 2.78. The first-order valence-electron chi connectivity index (χ1n) is 11.0. The molecule has 0 amide bonds. The van der Waals surface area contributed by atoms with Crippen LogP contribution < -0.4 is 4.90 Å². The van der Waals surface area contributed by atoms with Gasteiger partial charge in [-0.25, -0.2) is 19.7 Å². The Kier molecular flexibility index (Phi) is 6.17. The third-order valence-electron chi connectivity index (χ3n) is 5.41. The van der Waals surface area contributed by atoms with E-state index in [0.29, 0.717) is 23.2 Å². The smallest absolute Gasteiger partial charge is 0.451 e. The molecule has 5 heterocycles. The average molecular weight is 524 g/mol. The van der Waals surface area contributed by atoms with E-state index in [-0.39, 0.29) is 31.2 Å². The van der Waals surface area contributed by atoms with Gasteiger partial charge in [0.05, 0.1) is 18.5 Å². The van der Waals surface area contributed by atoms with Crippen molar-refractivity contribution < 1.29 is 22.7 Å². The van der Waals surface area contributed by atoms with Crippen LogP contribution in [0.1, 0.15) is 47.3 Å². The van der Waals surface area contributed by atoms with Gasteiger partial charge in [-0.05, 0) is 19.4 Å². The number of alkyl halides is 3. The van der Waals surface area contributed by atoms with E-state index in [0.717, 1.165) is 32.5 Å². The number of ether oxygens (including phenoxy) is 1. The number of carbonyl (C=O) groups excluding carboxylic acids is 1. The van der Waals surface area contributed by atoms with Gasteiger partial charge in [-0.3, -0.25) is 0 Å². The first-order valence-corrected chi connectivity index (χ1v) is 12.7. The Hall–Kier alpha value is -3.13. The Balaban J connectivity index is 1.55. The molecule has 0 saturated heterocycles. The maximum atomic E-state index is 13.3. The quantitative estimate of drug-likeness (QED) is 0.339. The molecule has 5 rings (SSSR count). The zero-order valence-corrected chi connectivity index (χ0v) is 20.4. The summed E-state index contributed by atoms with van der Waals surface area (Å²) in [5.74, 6) is -0.343. The number of aromatic nitrogens is 6. The number of thiazole rings is 1. The molecule has 0 atom stereocenters. The van der Waals surface area contributed by atoms with Crippen LogP contribution >= 0.6 is 22.7 Å². The van der Waals surface area contributed by atoms with E-state index in [1.807, 2.05) is 11.0 Å². The van der Waals surface area contributed by atoms with Gasteiger partial charge < -0.3 is 14.2 Å². The zero-order valence-electron chi connectivity index (χ0n) is 18.8. The molecule has 14 heteroatoms. The number of nitrogens with zero attached hydrogens (tertiary/aromatic N) is 7. The molecule has 1 aliphatic rings. The molecule has 4 aromatic heterocycles. The van der Waals surface area contributed by atoms with Crippen LogP contribution in [-0.4, -0.2) is 48.8 Å². The molecule has 9 nitrogen and oxygen atoms in total. The largest absolute Gasteiger partial charge is 0.461 e. The second-order valence-electron chi connectivity index (χ2n) is 7.82. The number of thiophene rings is 1. The standard InChI is InChI=1S/C21H20F3N7O2S2/c1-3-5-11-8-12-16(30-6-7-31-14(9-30)28-29-20(31)21(22,23)24)26-15(27-17(12)35-11)18-25-13(10-34-18)19(32)33-4-2/h8,10H,3-7,9H2,1-2H3. The molecule has 0 spiro atoms. The third kappa shape index (κ3) is 4.47. The van der Waals surface area contributed by atoms with Crippen LogP contribution in [0.4, 0.5) is 19.0 Å². The molecule has 184 valence electrons. The van der Waals surface area contributed by atoms with Crippen molar-refractivity contribution in [3.05, 3.63) is 33.7 Å². The second-order valence-corrected chi connectivity index (χ2v) is 9.79. The lowest BCUT2D eigenvalue weighted by Crippen LogP contribution is -2.36. The molecule has 0 aromatic carbocycles. The minimum absolute atomic E-state index is 0.0776. The van der Waals surface area contributed by atoms with Crippen molar-refractivity contribution in [2.24, 2.45) is 0 Å². The molecule has 4 aromatic rings. The number of hydrogen-bond donors (Lipinski definition) is 0. The number of halogens is 3. The highest BCUT2D eigenvalue weighted by atomic mass is 32.1. The van der Waals surface area contributed by atoms with Gasteiger partial charge in [0, 0.05) is 23.3 Å². The predicted molar refractivity (Wildman–Crippen MR) is 125 cm³/mol. The number of hydrogen-bond acceptors (Lipinski definition) is 10. The Morgan fingerprint density at radius 1 is 1.17 bits per heavy atom. The van der Waals surface area contributed by atoms with E-state index in [1.54, 1.807) is 23.6 Å². The maximum Gasteiger partial charge on any atom is 0.451 e. The van der Waals surface area contributed by atoms with Gasteiger partial charge in [0.25, 0.3) is 0 Å². The normalized spacial score (nSPS) is 13.9. The van der Waals surface area contributed by atoms with Crippen molar-refractivity contribution in [1.82, 2.24) is 29.7 Å². The fraction of sp³-hybridized carbons (Fsp3) is 0.429. The Morgan fingerprint density at radius 2 is 2.00 bits per heavy atom. The highest BCUT2D eigenvalue weighted by Crippen LogP contribution is 2.36. The van der Waals surface area contributed by atoms with Gasteiger partial charge in [-0.1, -0.05) is 13.3 Å². The second kappa shape index (κ2) is 9.15. The molecule has 0 N–H and O–H groups in total. The van der Waals surface area contributed by atoms with Crippen LogP contribution in [0.5, 0.6) is 0 Å². The van der Waals surface area contributed by atoms with Gasteiger partial charge in [0.15, 0.2) is 22.4 Å². The van der Waals surface area contributed by atoms with E-state index in [1.165, 1.54) is 11.3 Å². The fourth-order valence-electron chi connectivity index (χ4n) is 3.89. The molecule has 1 aliphatic heterocycles. The summed E-state index contributed by atoms with van der Waals surface area (Å²) in [6.07, 6.45) is -2.72. The van der Waals surface area contributed by atoms with Gasteiger partial charge in [-0.15, -0.1) is 32.9 Å². The number of fused-ring (bicyclic) bond motifs is 2. The molecular weight excluding hydrogens is 503 g/mol. The lowest BCUT2D eigenvalue weighted by atomic mass is 10.2. The number of rotatable bonds is 6. The van der Waals surface area contributed by atoms with Crippen LogP contribution in [0.15, 0.2) is 11.4 Å². The summed E-state index contributed by atoms with van der Waals surface area (Å²) in [7, 11) is 0. The summed E-state index contributed by atoms with van der Waals surface area (Å²) < 4.78 is 45.9. The van der Waals surface area contributed by atoms with Crippen LogP contribution in [-0.2, 0) is 30.4 Å². The predicted octanol–water partition coefficient (Wildman–Crippen LogP) is 4.57. The molecule has 0 bridgehead atoms.